The standard InChI is InChI=1S/C20H22N4O3S2/c1-3-9-24-19(26)17-13-7-5-4-6-8-14(13)29-18(17)22-20(24)28-11-15(25)21-16-10-12(2)23-27-16/h3,10H,1,4-9,11H2,2H3,(H,21,25). The van der Waals surface area contributed by atoms with E-state index in [1.807, 2.05) is 0 Å². The van der Waals surface area contributed by atoms with E-state index >= 15 is 0 Å². The third-order valence-electron chi connectivity index (χ3n) is 4.82. The summed E-state index contributed by atoms with van der Waals surface area (Å²) in [5, 5.41) is 7.69. The summed E-state index contributed by atoms with van der Waals surface area (Å²) in [6.07, 6.45) is 7.10. The Morgan fingerprint density at radius 1 is 1.41 bits per heavy atom. The number of thioether (sulfide) groups is 1. The van der Waals surface area contributed by atoms with E-state index in [4.69, 9.17) is 9.51 Å². The second-order valence-corrected chi connectivity index (χ2v) is 9.04. The number of aryl methyl sites for hydroxylation is 3. The maximum atomic E-state index is 13.3. The van der Waals surface area contributed by atoms with E-state index in [0.29, 0.717) is 23.3 Å². The third-order valence-corrected chi connectivity index (χ3v) is 6.99. The zero-order chi connectivity index (χ0) is 20.4. The molecule has 0 aromatic carbocycles. The van der Waals surface area contributed by atoms with Crippen LogP contribution >= 0.6 is 23.1 Å². The lowest BCUT2D eigenvalue weighted by molar-refractivity contribution is -0.113. The fourth-order valence-electron chi connectivity index (χ4n) is 3.52. The van der Waals surface area contributed by atoms with E-state index in [1.54, 1.807) is 35.0 Å². The number of anilines is 1. The molecule has 0 unspecified atom stereocenters. The van der Waals surface area contributed by atoms with Crippen molar-refractivity contribution in [2.45, 2.75) is 50.7 Å². The Morgan fingerprint density at radius 2 is 2.24 bits per heavy atom. The average Bonchev–Trinajstić information content (AvgIpc) is 3.17. The molecule has 29 heavy (non-hydrogen) atoms. The van der Waals surface area contributed by atoms with E-state index in [2.05, 4.69) is 17.1 Å². The first-order valence-electron chi connectivity index (χ1n) is 9.58. The number of nitrogens with one attached hydrogen (secondary N) is 1. The van der Waals surface area contributed by atoms with Crippen LogP contribution in [0.15, 0.2) is 33.2 Å². The van der Waals surface area contributed by atoms with Crippen molar-refractivity contribution in [1.29, 1.82) is 0 Å². The summed E-state index contributed by atoms with van der Waals surface area (Å²) in [6, 6.07) is 1.65. The van der Waals surface area contributed by atoms with Gasteiger partial charge in [0.25, 0.3) is 5.56 Å². The zero-order valence-electron chi connectivity index (χ0n) is 16.2. The van der Waals surface area contributed by atoms with Crippen molar-refractivity contribution in [2.24, 2.45) is 0 Å². The van der Waals surface area contributed by atoms with Crippen molar-refractivity contribution in [2.75, 3.05) is 11.1 Å². The number of amides is 1. The molecule has 1 aliphatic carbocycles. The Kier molecular flexibility index (Phi) is 5.86. The van der Waals surface area contributed by atoms with Crippen LogP contribution < -0.4 is 10.9 Å². The highest BCUT2D eigenvalue weighted by Crippen LogP contribution is 2.34. The minimum absolute atomic E-state index is 0.0388. The first-order valence-corrected chi connectivity index (χ1v) is 11.4. The predicted octanol–water partition coefficient (Wildman–Crippen LogP) is 3.94. The SMILES string of the molecule is C=CCn1c(SCC(=O)Nc2cc(C)no2)nc2sc3c(c2c1=O)CCCCC3. The van der Waals surface area contributed by atoms with E-state index in [0.717, 1.165) is 35.9 Å². The normalized spacial score (nSPS) is 13.8. The molecule has 0 radical (unpaired) electrons. The summed E-state index contributed by atoms with van der Waals surface area (Å²) in [5.41, 5.74) is 1.83. The van der Waals surface area contributed by atoms with Gasteiger partial charge >= 0.3 is 0 Å². The summed E-state index contributed by atoms with van der Waals surface area (Å²) >= 11 is 2.86. The highest BCUT2D eigenvalue weighted by atomic mass is 32.2. The van der Waals surface area contributed by atoms with Crippen LogP contribution in [-0.2, 0) is 24.2 Å². The van der Waals surface area contributed by atoms with Crippen molar-refractivity contribution in [3.05, 3.63) is 45.2 Å². The molecule has 0 saturated heterocycles. The van der Waals surface area contributed by atoms with Crippen molar-refractivity contribution < 1.29 is 9.32 Å². The molecule has 3 heterocycles. The summed E-state index contributed by atoms with van der Waals surface area (Å²) in [6.45, 7) is 5.91. The van der Waals surface area contributed by atoms with Gasteiger partial charge in [-0.2, -0.15) is 0 Å². The van der Waals surface area contributed by atoms with Gasteiger partial charge < -0.3 is 4.52 Å². The molecule has 0 bridgehead atoms. The number of rotatable bonds is 6. The highest BCUT2D eigenvalue weighted by molar-refractivity contribution is 7.99. The minimum Gasteiger partial charge on any atom is -0.338 e. The monoisotopic (exact) mass is 430 g/mol. The molecule has 0 fully saturated rings. The van der Waals surface area contributed by atoms with Gasteiger partial charge in [-0.15, -0.1) is 17.9 Å². The maximum absolute atomic E-state index is 13.3. The lowest BCUT2D eigenvalue weighted by atomic mass is 10.1. The van der Waals surface area contributed by atoms with Gasteiger partial charge in [-0.3, -0.25) is 19.5 Å². The molecule has 4 rings (SSSR count). The smallest absolute Gasteiger partial charge is 0.263 e. The van der Waals surface area contributed by atoms with E-state index < -0.39 is 0 Å². The number of fused-ring (bicyclic) bond motifs is 3. The van der Waals surface area contributed by atoms with Crippen LogP contribution in [-0.4, -0.2) is 26.4 Å². The molecule has 3 aromatic rings. The predicted molar refractivity (Wildman–Crippen MR) is 116 cm³/mol. The Labute approximate surface area is 176 Å². The van der Waals surface area contributed by atoms with Gasteiger partial charge in [0.05, 0.1) is 16.8 Å². The van der Waals surface area contributed by atoms with Crippen LogP contribution in [0.4, 0.5) is 5.88 Å². The number of hydrogen-bond donors (Lipinski definition) is 1. The van der Waals surface area contributed by atoms with E-state index in [1.165, 1.54) is 28.6 Å². The van der Waals surface area contributed by atoms with Crippen LogP contribution in [0.5, 0.6) is 0 Å². The number of thiophene rings is 1. The molecular weight excluding hydrogens is 408 g/mol. The lowest BCUT2D eigenvalue weighted by Crippen LogP contribution is -2.24. The first-order chi connectivity index (χ1) is 14.1. The van der Waals surface area contributed by atoms with Crippen molar-refractivity contribution >= 4 is 45.1 Å². The zero-order valence-corrected chi connectivity index (χ0v) is 17.8. The van der Waals surface area contributed by atoms with Gasteiger partial charge in [0.15, 0.2) is 5.16 Å². The Morgan fingerprint density at radius 3 is 3.00 bits per heavy atom. The number of aromatic nitrogens is 3. The lowest BCUT2D eigenvalue weighted by Gasteiger charge is -2.10. The molecule has 1 amide bonds. The highest BCUT2D eigenvalue weighted by Gasteiger charge is 2.21. The molecule has 0 saturated carbocycles. The molecule has 7 nitrogen and oxygen atoms in total. The topological polar surface area (TPSA) is 90.0 Å². The fraction of sp³-hybridized carbons (Fsp3) is 0.400. The third kappa shape index (κ3) is 4.16. The Balaban J connectivity index is 1.62. The Bertz CT molecular complexity index is 1130. The van der Waals surface area contributed by atoms with Gasteiger partial charge in [-0.05, 0) is 38.2 Å². The van der Waals surface area contributed by atoms with E-state index in [-0.39, 0.29) is 17.2 Å². The summed E-state index contributed by atoms with van der Waals surface area (Å²) in [5.74, 6) is 0.175. The second-order valence-electron chi connectivity index (χ2n) is 7.01. The van der Waals surface area contributed by atoms with Gasteiger partial charge in [0.1, 0.15) is 4.83 Å². The Hall–Kier alpha value is -2.39. The molecule has 9 heteroatoms. The van der Waals surface area contributed by atoms with Crippen LogP contribution in [0.3, 0.4) is 0 Å². The van der Waals surface area contributed by atoms with Gasteiger partial charge in [-0.1, -0.05) is 29.4 Å². The quantitative estimate of drug-likeness (QED) is 0.276. The molecule has 1 N–H and O–H groups in total. The van der Waals surface area contributed by atoms with Crippen molar-refractivity contribution in [3.8, 4) is 0 Å². The van der Waals surface area contributed by atoms with Gasteiger partial charge in [-0.25, -0.2) is 4.98 Å². The minimum atomic E-state index is -0.243. The summed E-state index contributed by atoms with van der Waals surface area (Å²) < 4.78 is 6.62. The maximum Gasteiger partial charge on any atom is 0.263 e. The largest absolute Gasteiger partial charge is 0.338 e. The van der Waals surface area contributed by atoms with Crippen LogP contribution in [0.1, 0.15) is 35.4 Å². The fourth-order valence-corrected chi connectivity index (χ4v) is 5.63. The second kappa shape index (κ2) is 8.54. The number of carbonyl (C=O) groups excluding carboxylic acids is 1. The number of carbonyl (C=O) groups is 1. The summed E-state index contributed by atoms with van der Waals surface area (Å²) in [7, 11) is 0. The van der Waals surface area contributed by atoms with Gasteiger partial charge in [0, 0.05) is 17.5 Å². The van der Waals surface area contributed by atoms with Gasteiger partial charge in [0.2, 0.25) is 11.8 Å². The van der Waals surface area contributed by atoms with Crippen molar-refractivity contribution in [1.82, 2.24) is 14.7 Å². The number of hydrogen-bond acceptors (Lipinski definition) is 7. The van der Waals surface area contributed by atoms with E-state index in [9.17, 15) is 9.59 Å². The molecular formula is C20H22N4O3S2. The van der Waals surface area contributed by atoms with Crippen LogP contribution in [0, 0.1) is 6.92 Å². The molecule has 3 aromatic heterocycles. The first kappa shape index (κ1) is 19.9. The summed E-state index contributed by atoms with van der Waals surface area (Å²) in [4.78, 5) is 32.3. The molecule has 0 spiro atoms. The number of nitrogens with zero attached hydrogens (tertiary/aromatic N) is 3. The average molecular weight is 431 g/mol. The van der Waals surface area contributed by atoms with Crippen molar-refractivity contribution in [3.63, 3.8) is 0 Å². The number of allylic oxidation sites excluding steroid dienone is 1. The molecule has 0 aliphatic heterocycles. The molecule has 152 valence electrons. The van der Waals surface area contributed by atoms with Crippen LogP contribution in [0.2, 0.25) is 0 Å². The van der Waals surface area contributed by atoms with Crippen LogP contribution in [0.25, 0.3) is 10.2 Å². The molecule has 1 aliphatic rings. The molecule has 0 atom stereocenters.